The van der Waals surface area contributed by atoms with E-state index in [4.69, 9.17) is 4.74 Å². The second-order valence-corrected chi connectivity index (χ2v) is 5.72. The van der Waals surface area contributed by atoms with Crippen LogP contribution in [0.25, 0.3) is 0 Å². The lowest BCUT2D eigenvalue weighted by Gasteiger charge is -2.37. The van der Waals surface area contributed by atoms with E-state index >= 15 is 0 Å². The average Bonchev–Trinajstić information content (AvgIpc) is 2.58. The Kier molecular flexibility index (Phi) is 2.53. The van der Waals surface area contributed by atoms with E-state index in [1.807, 2.05) is 0 Å². The van der Waals surface area contributed by atoms with Gasteiger partial charge in [-0.15, -0.1) is 0 Å². The fraction of sp³-hybridized carbons (Fsp3) is 0.600. The summed E-state index contributed by atoms with van der Waals surface area (Å²) in [5.41, 5.74) is 2.89. The number of rotatable bonds is 1. The molecule has 1 aromatic rings. The van der Waals surface area contributed by atoms with Crippen molar-refractivity contribution < 1.29 is 9.84 Å². The van der Waals surface area contributed by atoms with Crippen molar-refractivity contribution in [3.05, 3.63) is 34.9 Å². The Balaban J connectivity index is 1.97. The normalized spacial score (nSPS) is 36.2. The molecule has 2 aliphatic heterocycles. The van der Waals surface area contributed by atoms with E-state index in [9.17, 15) is 5.11 Å². The number of ether oxygens (including phenoxy) is 1. The van der Waals surface area contributed by atoms with Crippen molar-refractivity contribution >= 4 is 0 Å². The predicted molar refractivity (Wildman–Crippen MR) is 66.9 cm³/mol. The Bertz CT molecular complexity index is 427. The van der Waals surface area contributed by atoms with Crippen LogP contribution in [0.1, 0.15) is 42.4 Å². The summed E-state index contributed by atoms with van der Waals surface area (Å²) in [5, 5.41) is 10.9. The van der Waals surface area contributed by atoms with Crippen LogP contribution >= 0.6 is 0 Å². The van der Waals surface area contributed by atoms with Crippen molar-refractivity contribution in [2.24, 2.45) is 0 Å². The maximum atomic E-state index is 10.9. The highest BCUT2D eigenvalue weighted by molar-refractivity contribution is 5.35. The first kappa shape index (κ1) is 11.2. The maximum absolute atomic E-state index is 10.9. The van der Waals surface area contributed by atoms with Crippen molar-refractivity contribution in [2.45, 2.75) is 57.3 Å². The van der Waals surface area contributed by atoms with Crippen molar-refractivity contribution in [1.82, 2.24) is 0 Å². The molecule has 0 aliphatic carbocycles. The van der Waals surface area contributed by atoms with E-state index in [-0.39, 0.29) is 12.2 Å². The third-order valence-electron chi connectivity index (χ3n) is 4.21. The van der Waals surface area contributed by atoms with Gasteiger partial charge in [0.15, 0.2) is 0 Å². The van der Waals surface area contributed by atoms with Crippen LogP contribution in [0.5, 0.6) is 0 Å². The summed E-state index contributed by atoms with van der Waals surface area (Å²) in [4.78, 5) is 0. The van der Waals surface area contributed by atoms with Crippen LogP contribution in [-0.4, -0.2) is 17.3 Å². The molecule has 0 radical (unpaired) electrons. The highest BCUT2D eigenvalue weighted by Crippen LogP contribution is 2.44. The zero-order valence-corrected chi connectivity index (χ0v) is 10.6. The van der Waals surface area contributed by atoms with E-state index in [2.05, 4.69) is 32.0 Å². The van der Waals surface area contributed by atoms with Gasteiger partial charge in [0, 0.05) is 12.8 Å². The highest BCUT2D eigenvalue weighted by Gasteiger charge is 2.45. The number of aryl methyl sites for hydroxylation is 2. The molecule has 2 saturated heterocycles. The van der Waals surface area contributed by atoms with Gasteiger partial charge >= 0.3 is 0 Å². The van der Waals surface area contributed by atoms with E-state index in [0.717, 1.165) is 31.2 Å². The topological polar surface area (TPSA) is 29.5 Å². The molecule has 3 rings (SSSR count). The first-order valence-corrected chi connectivity index (χ1v) is 6.52. The van der Waals surface area contributed by atoms with Crippen LogP contribution in [0.15, 0.2) is 18.2 Å². The zero-order chi connectivity index (χ0) is 12.0. The smallest absolute Gasteiger partial charge is 0.0948 e. The molecule has 1 N–H and O–H groups in total. The first-order chi connectivity index (χ1) is 8.07. The standard InChI is InChI=1S/C15H20O2/c1-10-3-6-14(11(2)7-10)15(16)8-12-4-5-13(9-15)17-12/h3,6-7,12-13,16H,4-5,8-9H2,1-2H3. The lowest BCUT2D eigenvalue weighted by atomic mass is 9.81. The van der Waals surface area contributed by atoms with Gasteiger partial charge in [-0.1, -0.05) is 23.8 Å². The number of aliphatic hydroxyl groups is 1. The summed E-state index contributed by atoms with van der Waals surface area (Å²) in [6.45, 7) is 4.19. The molecule has 0 aromatic heterocycles. The van der Waals surface area contributed by atoms with Crippen LogP contribution < -0.4 is 0 Å². The van der Waals surface area contributed by atoms with Crippen molar-refractivity contribution in [1.29, 1.82) is 0 Å². The molecule has 2 heterocycles. The fourth-order valence-electron chi connectivity index (χ4n) is 3.47. The summed E-state index contributed by atoms with van der Waals surface area (Å²) in [7, 11) is 0. The van der Waals surface area contributed by atoms with Crippen molar-refractivity contribution in [3.63, 3.8) is 0 Å². The monoisotopic (exact) mass is 232 g/mol. The van der Waals surface area contributed by atoms with E-state index < -0.39 is 5.60 Å². The Labute approximate surface area is 103 Å². The second-order valence-electron chi connectivity index (χ2n) is 5.72. The molecule has 0 saturated carbocycles. The molecule has 2 aliphatic rings. The van der Waals surface area contributed by atoms with Crippen LogP contribution in [0, 0.1) is 13.8 Å². The predicted octanol–water partition coefficient (Wildman–Crippen LogP) is 2.83. The number of hydrogen-bond donors (Lipinski definition) is 1. The van der Waals surface area contributed by atoms with Crippen LogP contribution in [0.3, 0.4) is 0 Å². The molecule has 92 valence electrons. The summed E-state index contributed by atoms with van der Waals surface area (Å²) in [6, 6.07) is 6.35. The SMILES string of the molecule is Cc1ccc(C2(O)CC3CCC(C2)O3)c(C)c1. The third-order valence-corrected chi connectivity index (χ3v) is 4.21. The molecule has 0 spiro atoms. The largest absolute Gasteiger partial charge is 0.385 e. The first-order valence-electron chi connectivity index (χ1n) is 6.52. The number of fused-ring (bicyclic) bond motifs is 2. The molecule has 2 atom stereocenters. The van der Waals surface area contributed by atoms with Gasteiger partial charge in [0.25, 0.3) is 0 Å². The number of benzene rings is 1. The van der Waals surface area contributed by atoms with E-state index in [1.54, 1.807) is 0 Å². The molecular formula is C15H20O2. The third kappa shape index (κ3) is 1.90. The molecule has 2 bridgehead atoms. The molecule has 17 heavy (non-hydrogen) atoms. The number of hydrogen-bond acceptors (Lipinski definition) is 2. The Morgan fingerprint density at radius 3 is 2.41 bits per heavy atom. The van der Waals surface area contributed by atoms with E-state index in [0.29, 0.717) is 0 Å². The van der Waals surface area contributed by atoms with Crippen molar-refractivity contribution in [3.8, 4) is 0 Å². The van der Waals surface area contributed by atoms with Gasteiger partial charge < -0.3 is 9.84 Å². The molecular weight excluding hydrogens is 212 g/mol. The van der Waals surface area contributed by atoms with Gasteiger partial charge in [-0.3, -0.25) is 0 Å². The van der Waals surface area contributed by atoms with Crippen LogP contribution in [0.2, 0.25) is 0 Å². The lowest BCUT2D eigenvalue weighted by Crippen LogP contribution is -2.39. The van der Waals surface area contributed by atoms with E-state index in [1.165, 1.54) is 11.1 Å². The van der Waals surface area contributed by atoms with Gasteiger partial charge in [0.2, 0.25) is 0 Å². The Morgan fingerprint density at radius 2 is 1.82 bits per heavy atom. The second kappa shape index (κ2) is 3.82. The molecule has 1 aromatic carbocycles. The maximum Gasteiger partial charge on any atom is 0.0948 e. The fourth-order valence-corrected chi connectivity index (χ4v) is 3.47. The highest BCUT2D eigenvalue weighted by atomic mass is 16.5. The van der Waals surface area contributed by atoms with Gasteiger partial charge in [-0.2, -0.15) is 0 Å². The Morgan fingerprint density at radius 1 is 1.18 bits per heavy atom. The molecule has 2 nitrogen and oxygen atoms in total. The minimum atomic E-state index is -0.665. The molecule has 2 fully saturated rings. The van der Waals surface area contributed by atoms with Gasteiger partial charge in [0.1, 0.15) is 0 Å². The lowest BCUT2D eigenvalue weighted by molar-refractivity contribution is -0.115. The summed E-state index contributed by atoms with van der Waals surface area (Å²) in [6.07, 6.45) is 4.26. The summed E-state index contributed by atoms with van der Waals surface area (Å²) < 4.78 is 5.82. The van der Waals surface area contributed by atoms with Gasteiger partial charge in [-0.25, -0.2) is 0 Å². The average molecular weight is 232 g/mol. The summed E-state index contributed by atoms with van der Waals surface area (Å²) >= 11 is 0. The molecule has 2 unspecified atom stereocenters. The minimum Gasteiger partial charge on any atom is -0.385 e. The molecule has 2 heteroatoms. The quantitative estimate of drug-likeness (QED) is 0.806. The van der Waals surface area contributed by atoms with Crippen molar-refractivity contribution in [2.75, 3.05) is 0 Å². The van der Waals surface area contributed by atoms with Gasteiger partial charge in [0.05, 0.1) is 17.8 Å². The zero-order valence-electron chi connectivity index (χ0n) is 10.6. The Hall–Kier alpha value is -0.860. The summed E-state index contributed by atoms with van der Waals surface area (Å²) in [5.74, 6) is 0. The van der Waals surface area contributed by atoms with Gasteiger partial charge in [-0.05, 0) is 37.8 Å². The van der Waals surface area contributed by atoms with Crippen LogP contribution in [0.4, 0.5) is 0 Å². The minimum absolute atomic E-state index is 0.263. The molecule has 0 amide bonds. The van der Waals surface area contributed by atoms with Crippen LogP contribution in [-0.2, 0) is 10.3 Å².